The lowest BCUT2D eigenvalue weighted by Crippen LogP contribution is -2.14. The van der Waals surface area contributed by atoms with Crippen molar-refractivity contribution in [1.29, 1.82) is 0 Å². The normalized spacial score (nSPS) is 9.95. The van der Waals surface area contributed by atoms with Crippen molar-refractivity contribution in [2.45, 2.75) is 0 Å². The summed E-state index contributed by atoms with van der Waals surface area (Å²) in [6, 6.07) is 10.1. The van der Waals surface area contributed by atoms with Gasteiger partial charge in [0.15, 0.2) is 11.5 Å². The van der Waals surface area contributed by atoms with E-state index in [1.54, 1.807) is 36.4 Å². The topological polar surface area (TPSA) is 82.8 Å². The number of anilines is 2. The summed E-state index contributed by atoms with van der Waals surface area (Å²) in [6.45, 7) is 0. The maximum atomic E-state index is 12.4. The molecule has 0 unspecified atom stereocenters. The molecule has 22 heavy (non-hydrogen) atoms. The molecule has 0 aliphatic carbocycles. The first kappa shape index (κ1) is 15.5. The van der Waals surface area contributed by atoms with Crippen LogP contribution in [0.2, 0.25) is 0 Å². The molecule has 0 aromatic heterocycles. The molecule has 0 bridgehead atoms. The summed E-state index contributed by atoms with van der Waals surface area (Å²) in [7, 11) is 4.48. The summed E-state index contributed by atoms with van der Waals surface area (Å²) in [4.78, 5) is 12.4. The second kappa shape index (κ2) is 6.71. The van der Waals surface area contributed by atoms with Gasteiger partial charge in [-0.25, -0.2) is 0 Å². The number of carbonyl (C=O) groups is 1. The summed E-state index contributed by atoms with van der Waals surface area (Å²) in [5, 5.41) is 2.78. The predicted octanol–water partition coefficient (Wildman–Crippen LogP) is 2.55. The molecule has 0 fully saturated rings. The van der Waals surface area contributed by atoms with Gasteiger partial charge in [-0.15, -0.1) is 0 Å². The van der Waals surface area contributed by atoms with Crippen molar-refractivity contribution in [1.82, 2.24) is 0 Å². The lowest BCUT2D eigenvalue weighted by atomic mass is 10.1. The van der Waals surface area contributed by atoms with E-state index in [9.17, 15) is 4.79 Å². The van der Waals surface area contributed by atoms with Gasteiger partial charge in [0.2, 0.25) is 5.75 Å². The highest BCUT2D eigenvalue weighted by Crippen LogP contribution is 2.39. The van der Waals surface area contributed by atoms with Gasteiger partial charge in [-0.3, -0.25) is 4.79 Å². The smallest absolute Gasteiger partial charge is 0.259 e. The number of rotatable bonds is 5. The quantitative estimate of drug-likeness (QED) is 0.829. The maximum Gasteiger partial charge on any atom is 0.259 e. The Balaban J connectivity index is 2.34. The monoisotopic (exact) mass is 302 g/mol. The Morgan fingerprint density at radius 3 is 2.09 bits per heavy atom. The van der Waals surface area contributed by atoms with E-state index in [0.717, 1.165) is 0 Å². The van der Waals surface area contributed by atoms with Crippen molar-refractivity contribution in [2.24, 2.45) is 0 Å². The van der Waals surface area contributed by atoms with Crippen LogP contribution < -0.4 is 25.3 Å². The van der Waals surface area contributed by atoms with Crippen LogP contribution in [0.25, 0.3) is 0 Å². The van der Waals surface area contributed by atoms with Crippen LogP contribution in [0.4, 0.5) is 11.4 Å². The van der Waals surface area contributed by atoms with E-state index in [1.807, 2.05) is 0 Å². The highest BCUT2D eigenvalue weighted by atomic mass is 16.5. The molecule has 0 radical (unpaired) electrons. The summed E-state index contributed by atoms with van der Waals surface area (Å²) in [5.41, 5.74) is 7.23. The summed E-state index contributed by atoms with van der Waals surface area (Å²) >= 11 is 0. The molecule has 0 atom stereocenters. The van der Waals surface area contributed by atoms with Gasteiger partial charge in [-0.2, -0.15) is 0 Å². The van der Waals surface area contributed by atoms with Crippen molar-refractivity contribution in [2.75, 3.05) is 32.4 Å². The van der Waals surface area contributed by atoms with E-state index in [-0.39, 0.29) is 5.91 Å². The van der Waals surface area contributed by atoms with Gasteiger partial charge in [0, 0.05) is 11.4 Å². The number of carbonyl (C=O) groups excluding carboxylic acids is 1. The molecule has 1 amide bonds. The first-order valence-corrected chi connectivity index (χ1v) is 6.56. The second-order valence-corrected chi connectivity index (χ2v) is 4.46. The number of hydrogen-bond acceptors (Lipinski definition) is 5. The molecule has 116 valence electrons. The van der Waals surface area contributed by atoms with E-state index in [0.29, 0.717) is 34.2 Å². The number of ether oxygens (including phenoxy) is 3. The highest BCUT2D eigenvalue weighted by Gasteiger charge is 2.20. The predicted molar refractivity (Wildman–Crippen MR) is 84.9 cm³/mol. The zero-order valence-corrected chi connectivity index (χ0v) is 12.7. The zero-order valence-electron chi connectivity index (χ0n) is 12.7. The largest absolute Gasteiger partial charge is 0.493 e. The molecule has 2 aromatic rings. The molecule has 0 heterocycles. The second-order valence-electron chi connectivity index (χ2n) is 4.46. The number of nitrogens with two attached hydrogens (primary N) is 1. The number of hydrogen-bond donors (Lipinski definition) is 2. The minimum absolute atomic E-state index is 0.315. The standard InChI is InChI=1S/C16H18N2O4/c1-20-13-9-8-12(14(21-2)15(13)22-3)16(19)18-11-6-4-10(17)5-7-11/h4-9H,17H2,1-3H3,(H,18,19). The molecule has 0 aliphatic rings. The minimum Gasteiger partial charge on any atom is -0.493 e. The Kier molecular flexibility index (Phi) is 4.73. The Bertz CT molecular complexity index is 669. The molecule has 2 aromatic carbocycles. The van der Waals surface area contributed by atoms with Gasteiger partial charge in [-0.05, 0) is 36.4 Å². The number of benzene rings is 2. The van der Waals surface area contributed by atoms with Crippen molar-refractivity contribution < 1.29 is 19.0 Å². The van der Waals surface area contributed by atoms with Crippen molar-refractivity contribution in [3.63, 3.8) is 0 Å². The fraction of sp³-hybridized carbons (Fsp3) is 0.188. The number of nitrogen functional groups attached to an aromatic ring is 1. The van der Waals surface area contributed by atoms with Crippen LogP contribution in [0.1, 0.15) is 10.4 Å². The minimum atomic E-state index is -0.317. The fourth-order valence-electron chi connectivity index (χ4n) is 2.04. The summed E-state index contributed by atoms with van der Waals surface area (Å²) < 4.78 is 15.8. The van der Waals surface area contributed by atoms with E-state index in [1.165, 1.54) is 21.3 Å². The van der Waals surface area contributed by atoms with Gasteiger partial charge in [0.25, 0.3) is 5.91 Å². The molecule has 6 nitrogen and oxygen atoms in total. The molecule has 3 N–H and O–H groups in total. The molecular formula is C16H18N2O4. The third kappa shape index (κ3) is 3.06. The lowest BCUT2D eigenvalue weighted by Gasteiger charge is -2.15. The molecule has 0 saturated heterocycles. The fourth-order valence-corrected chi connectivity index (χ4v) is 2.04. The Morgan fingerprint density at radius 2 is 1.55 bits per heavy atom. The third-order valence-corrected chi connectivity index (χ3v) is 3.12. The van der Waals surface area contributed by atoms with Crippen LogP contribution in [0.3, 0.4) is 0 Å². The molecular weight excluding hydrogens is 284 g/mol. The number of amides is 1. The van der Waals surface area contributed by atoms with Crippen molar-refractivity contribution >= 4 is 17.3 Å². The van der Waals surface area contributed by atoms with Crippen LogP contribution in [0, 0.1) is 0 Å². The van der Waals surface area contributed by atoms with Crippen LogP contribution in [0.5, 0.6) is 17.2 Å². The van der Waals surface area contributed by atoms with Crippen LogP contribution >= 0.6 is 0 Å². The molecule has 6 heteroatoms. The van der Waals surface area contributed by atoms with E-state index in [4.69, 9.17) is 19.9 Å². The van der Waals surface area contributed by atoms with Crippen molar-refractivity contribution in [3.8, 4) is 17.2 Å². The molecule has 2 rings (SSSR count). The Labute approximate surface area is 128 Å². The average molecular weight is 302 g/mol. The molecule has 0 spiro atoms. The average Bonchev–Trinajstić information content (AvgIpc) is 2.55. The van der Waals surface area contributed by atoms with Gasteiger partial charge in [0.05, 0.1) is 26.9 Å². The molecule has 0 aliphatic heterocycles. The van der Waals surface area contributed by atoms with E-state index < -0.39 is 0 Å². The number of methoxy groups -OCH3 is 3. The lowest BCUT2D eigenvalue weighted by molar-refractivity contribution is 0.102. The van der Waals surface area contributed by atoms with Gasteiger partial charge in [-0.1, -0.05) is 0 Å². The summed E-state index contributed by atoms with van der Waals surface area (Å²) in [6.07, 6.45) is 0. The maximum absolute atomic E-state index is 12.4. The van der Waals surface area contributed by atoms with Gasteiger partial charge < -0.3 is 25.3 Å². The first-order valence-electron chi connectivity index (χ1n) is 6.56. The third-order valence-electron chi connectivity index (χ3n) is 3.12. The Morgan fingerprint density at radius 1 is 0.909 bits per heavy atom. The number of nitrogens with one attached hydrogen (secondary N) is 1. The molecule has 0 saturated carbocycles. The van der Waals surface area contributed by atoms with E-state index in [2.05, 4.69) is 5.32 Å². The summed E-state index contributed by atoms with van der Waals surface area (Å²) in [5.74, 6) is 0.857. The first-order chi connectivity index (χ1) is 10.6. The zero-order chi connectivity index (χ0) is 16.1. The van der Waals surface area contributed by atoms with Crippen LogP contribution in [0.15, 0.2) is 36.4 Å². The van der Waals surface area contributed by atoms with Crippen LogP contribution in [-0.4, -0.2) is 27.2 Å². The van der Waals surface area contributed by atoms with Gasteiger partial charge >= 0.3 is 0 Å². The van der Waals surface area contributed by atoms with Gasteiger partial charge in [0.1, 0.15) is 0 Å². The Hall–Kier alpha value is -2.89. The highest BCUT2D eigenvalue weighted by molar-refractivity contribution is 6.07. The van der Waals surface area contributed by atoms with E-state index >= 15 is 0 Å². The van der Waals surface area contributed by atoms with Crippen molar-refractivity contribution in [3.05, 3.63) is 42.0 Å². The SMILES string of the molecule is COc1ccc(C(=O)Nc2ccc(N)cc2)c(OC)c1OC. The van der Waals surface area contributed by atoms with Crippen LogP contribution in [-0.2, 0) is 0 Å².